The van der Waals surface area contributed by atoms with Crippen LogP contribution < -0.4 is 0 Å². The molecule has 0 bridgehead atoms. The lowest BCUT2D eigenvalue weighted by atomic mass is 10.2. The van der Waals surface area contributed by atoms with Gasteiger partial charge in [-0.15, -0.1) is 0 Å². The first-order valence-corrected chi connectivity index (χ1v) is 4.79. The van der Waals surface area contributed by atoms with E-state index in [1.807, 2.05) is 0 Å². The summed E-state index contributed by atoms with van der Waals surface area (Å²) in [5.41, 5.74) is 0.433. The molecule has 1 aliphatic heterocycles. The van der Waals surface area contributed by atoms with Crippen LogP contribution in [0.5, 0.6) is 0 Å². The number of esters is 1. The van der Waals surface area contributed by atoms with Gasteiger partial charge >= 0.3 is 11.9 Å². The molecule has 5 heteroatoms. The number of carbonyl (C=O) groups is 2. The fourth-order valence-corrected chi connectivity index (χ4v) is 1.21. The Morgan fingerprint density at radius 3 is 2.62 bits per heavy atom. The van der Waals surface area contributed by atoms with E-state index in [4.69, 9.17) is 4.74 Å². The van der Waals surface area contributed by atoms with Gasteiger partial charge < -0.3 is 9.57 Å². The third-order valence-corrected chi connectivity index (χ3v) is 2.01. The Kier molecular flexibility index (Phi) is 2.95. The van der Waals surface area contributed by atoms with Crippen molar-refractivity contribution in [3.63, 3.8) is 0 Å². The van der Waals surface area contributed by atoms with Crippen LogP contribution in [0.25, 0.3) is 0 Å². The highest BCUT2D eigenvalue weighted by atomic mass is 16.7. The average Bonchev–Trinajstić information content (AvgIpc) is 2.33. The van der Waals surface area contributed by atoms with Crippen molar-refractivity contribution in [1.82, 2.24) is 0 Å². The minimum Gasteiger partial charge on any atom is -0.405 e. The third kappa shape index (κ3) is 2.44. The van der Waals surface area contributed by atoms with Gasteiger partial charge in [-0.3, -0.25) is 0 Å². The minimum absolute atomic E-state index is 0.133. The lowest BCUT2D eigenvalue weighted by Crippen LogP contribution is -2.19. The SMILES string of the molecule is O=C1CCC(OC(=O)c2ccccc2)=NO1. The van der Waals surface area contributed by atoms with E-state index < -0.39 is 11.9 Å². The molecule has 0 aliphatic carbocycles. The predicted molar refractivity (Wildman–Crippen MR) is 54.6 cm³/mol. The van der Waals surface area contributed by atoms with Crippen LogP contribution in [0.4, 0.5) is 0 Å². The number of hydrogen-bond acceptors (Lipinski definition) is 5. The van der Waals surface area contributed by atoms with Crippen LogP contribution in [-0.4, -0.2) is 17.8 Å². The van der Waals surface area contributed by atoms with Gasteiger partial charge in [-0.25, -0.2) is 9.59 Å². The van der Waals surface area contributed by atoms with E-state index in [0.717, 1.165) is 0 Å². The molecule has 0 spiro atoms. The summed E-state index contributed by atoms with van der Waals surface area (Å²) in [5.74, 6) is -0.787. The molecule has 0 N–H and O–H groups in total. The van der Waals surface area contributed by atoms with Crippen molar-refractivity contribution in [3.05, 3.63) is 35.9 Å². The summed E-state index contributed by atoms with van der Waals surface area (Å²) < 4.78 is 4.96. The highest BCUT2D eigenvalue weighted by Crippen LogP contribution is 2.08. The van der Waals surface area contributed by atoms with Crippen LogP contribution in [0.1, 0.15) is 23.2 Å². The van der Waals surface area contributed by atoms with Gasteiger partial charge in [0.25, 0.3) is 0 Å². The van der Waals surface area contributed by atoms with Gasteiger partial charge in [-0.1, -0.05) is 18.2 Å². The molecule has 0 fully saturated rings. The van der Waals surface area contributed by atoms with Crippen LogP contribution in [0, 0.1) is 0 Å². The Balaban J connectivity index is 2.01. The molecular weight excluding hydrogens is 210 g/mol. The molecule has 5 nitrogen and oxygen atoms in total. The van der Waals surface area contributed by atoms with E-state index in [1.165, 1.54) is 0 Å². The number of rotatable bonds is 1. The van der Waals surface area contributed by atoms with Crippen molar-refractivity contribution in [3.8, 4) is 0 Å². The Hall–Kier alpha value is -2.17. The second-order valence-corrected chi connectivity index (χ2v) is 3.20. The van der Waals surface area contributed by atoms with E-state index in [1.54, 1.807) is 30.3 Å². The summed E-state index contributed by atoms with van der Waals surface area (Å²) in [6.45, 7) is 0. The quantitative estimate of drug-likeness (QED) is 0.530. The third-order valence-electron chi connectivity index (χ3n) is 2.01. The Bertz CT molecular complexity index is 439. The Morgan fingerprint density at radius 1 is 1.25 bits per heavy atom. The standard InChI is InChI=1S/C11H9NO4/c13-10-7-6-9(12-16-10)15-11(14)8-4-2-1-3-5-8/h1-5H,6-7H2. The van der Waals surface area contributed by atoms with Crippen molar-refractivity contribution < 1.29 is 19.2 Å². The summed E-state index contributed by atoms with van der Waals surface area (Å²) >= 11 is 0. The maximum Gasteiger partial charge on any atom is 0.344 e. The molecule has 2 rings (SSSR count). The van der Waals surface area contributed by atoms with E-state index in [2.05, 4.69) is 9.99 Å². The van der Waals surface area contributed by atoms with E-state index in [9.17, 15) is 9.59 Å². The smallest absolute Gasteiger partial charge is 0.344 e. The van der Waals surface area contributed by atoms with Crippen LogP contribution in [-0.2, 0) is 14.4 Å². The Labute approximate surface area is 91.6 Å². The molecule has 0 saturated carbocycles. The van der Waals surface area contributed by atoms with E-state index >= 15 is 0 Å². The second-order valence-electron chi connectivity index (χ2n) is 3.20. The number of carbonyl (C=O) groups excluding carboxylic acids is 2. The molecule has 0 amide bonds. The van der Waals surface area contributed by atoms with Crippen molar-refractivity contribution in [2.45, 2.75) is 12.8 Å². The van der Waals surface area contributed by atoms with Crippen LogP contribution in [0.15, 0.2) is 35.5 Å². The van der Waals surface area contributed by atoms with Crippen molar-refractivity contribution in [2.24, 2.45) is 5.16 Å². The van der Waals surface area contributed by atoms with Gasteiger partial charge in [-0.2, -0.15) is 0 Å². The lowest BCUT2D eigenvalue weighted by molar-refractivity contribution is -0.145. The van der Waals surface area contributed by atoms with Crippen molar-refractivity contribution in [2.75, 3.05) is 0 Å². The van der Waals surface area contributed by atoms with E-state index in [0.29, 0.717) is 5.56 Å². The number of oxime groups is 1. The van der Waals surface area contributed by atoms with Gasteiger partial charge in [0.2, 0.25) is 5.90 Å². The Morgan fingerprint density at radius 2 is 2.00 bits per heavy atom. The van der Waals surface area contributed by atoms with Gasteiger partial charge in [0.1, 0.15) is 0 Å². The molecule has 82 valence electrons. The number of benzene rings is 1. The maximum absolute atomic E-state index is 11.6. The predicted octanol–water partition coefficient (Wildman–Crippen LogP) is 1.49. The highest BCUT2D eigenvalue weighted by Gasteiger charge is 2.18. The van der Waals surface area contributed by atoms with Crippen LogP contribution >= 0.6 is 0 Å². The summed E-state index contributed by atoms with van der Waals surface area (Å²) in [4.78, 5) is 26.6. The highest BCUT2D eigenvalue weighted by molar-refractivity contribution is 5.99. The number of hydrogen-bond donors (Lipinski definition) is 0. The largest absolute Gasteiger partial charge is 0.405 e. The van der Waals surface area contributed by atoms with Gasteiger partial charge in [0.15, 0.2) is 0 Å². The normalized spacial score (nSPS) is 15.0. The summed E-state index contributed by atoms with van der Waals surface area (Å²) in [6.07, 6.45) is 0.471. The van der Waals surface area contributed by atoms with Crippen molar-refractivity contribution in [1.29, 1.82) is 0 Å². The maximum atomic E-state index is 11.6. The van der Waals surface area contributed by atoms with Gasteiger partial charge in [0.05, 0.1) is 12.0 Å². The molecular formula is C11H9NO4. The van der Waals surface area contributed by atoms with Crippen LogP contribution in [0.2, 0.25) is 0 Å². The second kappa shape index (κ2) is 4.57. The zero-order chi connectivity index (χ0) is 11.4. The first-order valence-electron chi connectivity index (χ1n) is 4.79. The lowest BCUT2D eigenvalue weighted by Gasteiger charge is -2.09. The molecule has 0 saturated heterocycles. The molecule has 1 heterocycles. The molecule has 0 aromatic heterocycles. The topological polar surface area (TPSA) is 65.0 Å². The zero-order valence-electron chi connectivity index (χ0n) is 8.38. The molecule has 0 radical (unpaired) electrons. The fourth-order valence-electron chi connectivity index (χ4n) is 1.21. The van der Waals surface area contributed by atoms with Crippen molar-refractivity contribution >= 4 is 17.8 Å². The summed E-state index contributed by atoms with van der Waals surface area (Å²) in [5, 5.41) is 3.40. The minimum atomic E-state index is -0.503. The summed E-state index contributed by atoms with van der Waals surface area (Å²) in [6, 6.07) is 8.55. The molecule has 0 atom stereocenters. The average molecular weight is 219 g/mol. The van der Waals surface area contributed by atoms with Gasteiger partial charge in [-0.05, 0) is 17.3 Å². The monoisotopic (exact) mass is 219 g/mol. The number of ether oxygens (including phenoxy) is 1. The first kappa shape index (κ1) is 10.4. The fraction of sp³-hybridized carbons (Fsp3) is 0.182. The molecule has 1 aromatic carbocycles. The zero-order valence-corrected chi connectivity index (χ0v) is 8.38. The first-order chi connectivity index (χ1) is 7.75. The molecule has 1 aromatic rings. The molecule has 0 unspecified atom stereocenters. The van der Waals surface area contributed by atoms with Crippen LogP contribution in [0.3, 0.4) is 0 Å². The van der Waals surface area contributed by atoms with E-state index in [-0.39, 0.29) is 18.7 Å². The number of nitrogens with zero attached hydrogens (tertiary/aromatic N) is 1. The van der Waals surface area contributed by atoms with Gasteiger partial charge in [0, 0.05) is 6.42 Å². The molecule has 16 heavy (non-hydrogen) atoms. The molecule has 1 aliphatic rings. The summed E-state index contributed by atoms with van der Waals surface area (Å²) in [7, 11) is 0.